The number of hydrogen-bond acceptors (Lipinski definition) is 5. The van der Waals surface area contributed by atoms with E-state index in [1.165, 1.54) is 32.0 Å². The van der Waals surface area contributed by atoms with Gasteiger partial charge in [0.25, 0.3) is 0 Å². The number of likely N-dealkylation sites (tertiary alicyclic amines) is 1. The summed E-state index contributed by atoms with van der Waals surface area (Å²) < 4.78 is 18.7. The summed E-state index contributed by atoms with van der Waals surface area (Å²) in [5.41, 5.74) is 0.353. The molecule has 0 radical (unpaired) electrons. The summed E-state index contributed by atoms with van der Waals surface area (Å²) in [5, 5.41) is 6.89. The highest BCUT2D eigenvalue weighted by atomic mass is 19.1. The molecule has 0 aliphatic carbocycles. The maximum absolute atomic E-state index is 13.6. The molecule has 0 unspecified atom stereocenters. The molecule has 1 aliphatic heterocycles. The second-order valence-electron chi connectivity index (χ2n) is 5.23. The first-order valence-electron chi connectivity index (χ1n) is 7.38. The van der Waals surface area contributed by atoms with Crippen LogP contribution in [0.4, 0.5) is 10.4 Å². The maximum Gasteiger partial charge on any atom is 0.321 e. The summed E-state index contributed by atoms with van der Waals surface area (Å²) in [4.78, 5) is 6.63. The van der Waals surface area contributed by atoms with Crippen molar-refractivity contribution >= 4 is 6.01 Å². The van der Waals surface area contributed by atoms with Gasteiger partial charge >= 0.3 is 6.01 Å². The van der Waals surface area contributed by atoms with Gasteiger partial charge in [-0.1, -0.05) is 17.3 Å². The molecule has 2 aromatic rings. The fourth-order valence-corrected chi connectivity index (χ4v) is 2.55. The number of rotatable bonds is 6. The molecule has 1 N–H and O–H groups in total. The second-order valence-corrected chi connectivity index (χ2v) is 5.23. The van der Waals surface area contributed by atoms with E-state index < -0.39 is 0 Å². The molecule has 112 valence electrons. The van der Waals surface area contributed by atoms with Crippen molar-refractivity contribution in [3.8, 4) is 11.4 Å². The van der Waals surface area contributed by atoms with Crippen LogP contribution in [0.15, 0.2) is 28.8 Å². The lowest BCUT2D eigenvalue weighted by Crippen LogP contribution is -2.22. The number of nitrogens with zero attached hydrogens (tertiary/aromatic N) is 3. The van der Waals surface area contributed by atoms with Gasteiger partial charge in [-0.3, -0.25) is 0 Å². The van der Waals surface area contributed by atoms with E-state index in [0.717, 1.165) is 19.5 Å². The molecule has 3 rings (SSSR count). The fourth-order valence-electron chi connectivity index (χ4n) is 2.55. The van der Waals surface area contributed by atoms with Crippen molar-refractivity contribution in [3.63, 3.8) is 0 Å². The van der Waals surface area contributed by atoms with Gasteiger partial charge in [-0.05, 0) is 51.0 Å². The van der Waals surface area contributed by atoms with Gasteiger partial charge in [-0.25, -0.2) is 4.39 Å². The van der Waals surface area contributed by atoms with Gasteiger partial charge in [-0.15, -0.1) is 0 Å². The first kappa shape index (κ1) is 14.0. The molecule has 0 spiro atoms. The zero-order valence-corrected chi connectivity index (χ0v) is 11.9. The minimum Gasteiger partial charge on any atom is -0.338 e. The molecule has 6 heteroatoms. The van der Waals surface area contributed by atoms with Crippen molar-refractivity contribution in [2.24, 2.45) is 0 Å². The Kier molecular flexibility index (Phi) is 4.45. The van der Waals surface area contributed by atoms with Gasteiger partial charge in [0.15, 0.2) is 0 Å². The zero-order chi connectivity index (χ0) is 14.5. The van der Waals surface area contributed by atoms with Gasteiger partial charge < -0.3 is 14.7 Å². The smallest absolute Gasteiger partial charge is 0.321 e. The van der Waals surface area contributed by atoms with E-state index in [2.05, 4.69) is 20.4 Å². The van der Waals surface area contributed by atoms with Gasteiger partial charge in [0.2, 0.25) is 5.82 Å². The minimum absolute atomic E-state index is 0.273. The van der Waals surface area contributed by atoms with Crippen molar-refractivity contribution in [2.45, 2.75) is 19.3 Å². The lowest BCUT2D eigenvalue weighted by molar-refractivity contribution is 0.336. The van der Waals surface area contributed by atoms with Gasteiger partial charge in [0.1, 0.15) is 5.82 Å². The molecule has 2 heterocycles. The Hall–Kier alpha value is -1.95. The van der Waals surface area contributed by atoms with E-state index in [1.807, 2.05) is 0 Å². The van der Waals surface area contributed by atoms with Gasteiger partial charge in [0, 0.05) is 6.54 Å². The van der Waals surface area contributed by atoms with Crippen LogP contribution in [0.1, 0.15) is 19.3 Å². The number of anilines is 1. The average Bonchev–Trinajstić information content (AvgIpc) is 3.16. The quantitative estimate of drug-likeness (QED) is 0.829. The van der Waals surface area contributed by atoms with E-state index in [0.29, 0.717) is 11.6 Å². The van der Waals surface area contributed by atoms with Crippen LogP contribution in [0, 0.1) is 5.82 Å². The lowest BCUT2D eigenvalue weighted by Gasteiger charge is -2.13. The highest BCUT2D eigenvalue weighted by Gasteiger charge is 2.13. The molecule has 1 saturated heterocycles. The van der Waals surface area contributed by atoms with Crippen LogP contribution in [-0.4, -0.2) is 41.2 Å². The predicted molar refractivity (Wildman–Crippen MR) is 78.5 cm³/mol. The highest BCUT2D eigenvalue weighted by Crippen LogP contribution is 2.20. The molecule has 0 atom stereocenters. The Labute approximate surface area is 123 Å². The molecule has 21 heavy (non-hydrogen) atoms. The van der Waals surface area contributed by atoms with Crippen LogP contribution in [0.5, 0.6) is 0 Å². The first-order valence-corrected chi connectivity index (χ1v) is 7.38. The molecular weight excluding hydrogens is 271 g/mol. The molecule has 0 saturated carbocycles. The van der Waals surface area contributed by atoms with E-state index >= 15 is 0 Å². The van der Waals surface area contributed by atoms with Crippen LogP contribution in [0.25, 0.3) is 11.4 Å². The van der Waals surface area contributed by atoms with Crippen LogP contribution >= 0.6 is 0 Å². The first-order chi connectivity index (χ1) is 10.3. The van der Waals surface area contributed by atoms with Crippen molar-refractivity contribution in [1.82, 2.24) is 15.0 Å². The number of halogens is 1. The minimum atomic E-state index is -0.348. The van der Waals surface area contributed by atoms with E-state index in [-0.39, 0.29) is 11.6 Å². The molecule has 1 fully saturated rings. The largest absolute Gasteiger partial charge is 0.338 e. The maximum atomic E-state index is 13.6. The van der Waals surface area contributed by atoms with Crippen molar-refractivity contribution in [3.05, 3.63) is 30.1 Å². The summed E-state index contributed by atoms with van der Waals surface area (Å²) in [6.07, 6.45) is 3.64. The molecule has 5 nitrogen and oxygen atoms in total. The Balaban J connectivity index is 1.50. The third-order valence-electron chi connectivity index (χ3n) is 3.67. The normalized spacial score (nSPS) is 15.5. The number of aromatic nitrogens is 2. The summed E-state index contributed by atoms with van der Waals surface area (Å²) in [6, 6.07) is 6.75. The van der Waals surface area contributed by atoms with Crippen LogP contribution < -0.4 is 5.32 Å². The third kappa shape index (κ3) is 3.58. The Morgan fingerprint density at radius 2 is 2.05 bits per heavy atom. The van der Waals surface area contributed by atoms with Crippen molar-refractivity contribution in [1.29, 1.82) is 0 Å². The molecule has 1 aromatic heterocycles. The lowest BCUT2D eigenvalue weighted by atomic mass is 10.2. The highest BCUT2D eigenvalue weighted by molar-refractivity contribution is 5.56. The Morgan fingerprint density at radius 3 is 2.86 bits per heavy atom. The zero-order valence-electron chi connectivity index (χ0n) is 11.9. The number of nitrogens with one attached hydrogen (secondary N) is 1. The third-order valence-corrected chi connectivity index (χ3v) is 3.67. The average molecular weight is 290 g/mol. The van der Waals surface area contributed by atoms with Gasteiger partial charge in [0.05, 0.1) is 5.56 Å². The Bertz CT molecular complexity index is 581. The summed E-state index contributed by atoms with van der Waals surface area (Å²) >= 11 is 0. The predicted octanol–water partition coefficient (Wildman–Crippen LogP) is 2.77. The number of benzene rings is 1. The standard InChI is InChI=1S/C15H19FN4O/c16-13-7-2-1-6-12(13)14-18-15(21-19-14)17-8-5-11-20-9-3-4-10-20/h1-2,6-7H,3-5,8-11H2,(H,17,18,19). The topological polar surface area (TPSA) is 54.2 Å². The summed E-state index contributed by atoms with van der Waals surface area (Å²) in [7, 11) is 0. The van der Waals surface area contributed by atoms with Gasteiger partial charge in [-0.2, -0.15) is 4.98 Å². The monoisotopic (exact) mass is 290 g/mol. The molecular formula is C15H19FN4O. The van der Waals surface area contributed by atoms with Crippen molar-refractivity contribution < 1.29 is 8.91 Å². The van der Waals surface area contributed by atoms with Crippen molar-refractivity contribution in [2.75, 3.05) is 31.5 Å². The Morgan fingerprint density at radius 1 is 1.24 bits per heavy atom. The molecule has 1 aromatic carbocycles. The van der Waals surface area contributed by atoms with Crippen LogP contribution in [-0.2, 0) is 0 Å². The van der Waals surface area contributed by atoms with E-state index in [9.17, 15) is 4.39 Å². The van der Waals surface area contributed by atoms with Crippen LogP contribution in [0.3, 0.4) is 0 Å². The summed E-state index contributed by atoms with van der Waals surface area (Å²) in [5.74, 6) is -0.0750. The van der Waals surface area contributed by atoms with Crippen LogP contribution in [0.2, 0.25) is 0 Å². The fraction of sp³-hybridized carbons (Fsp3) is 0.467. The molecule has 1 aliphatic rings. The van der Waals surface area contributed by atoms with E-state index in [4.69, 9.17) is 4.52 Å². The molecule has 0 bridgehead atoms. The number of hydrogen-bond donors (Lipinski definition) is 1. The SMILES string of the molecule is Fc1ccccc1-c1noc(NCCCN2CCCC2)n1. The van der Waals surface area contributed by atoms with E-state index in [1.54, 1.807) is 18.2 Å². The molecule has 0 amide bonds. The summed E-state index contributed by atoms with van der Waals surface area (Å²) in [6.45, 7) is 4.27. The second kappa shape index (κ2) is 6.67.